The monoisotopic (exact) mass is 353 g/mol. The Morgan fingerprint density at radius 1 is 1.26 bits per heavy atom. The van der Waals surface area contributed by atoms with Crippen molar-refractivity contribution in [3.05, 3.63) is 28.8 Å². The Bertz CT molecular complexity index is 646. The number of nitrogens with one attached hydrogen (secondary N) is 1. The van der Waals surface area contributed by atoms with Crippen LogP contribution in [0.25, 0.3) is 0 Å². The Labute approximate surface area is 145 Å². The van der Waals surface area contributed by atoms with Gasteiger partial charge in [-0.3, -0.25) is 0 Å². The van der Waals surface area contributed by atoms with Crippen LogP contribution in [0.4, 0.5) is 5.13 Å². The molecule has 1 aromatic carbocycles. The summed E-state index contributed by atoms with van der Waals surface area (Å²) in [5.41, 5.74) is 3.41. The van der Waals surface area contributed by atoms with E-state index < -0.39 is 6.10 Å². The molecule has 0 aliphatic rings. The topological polar surface area (TPSA) is 67.3 Å². The summed E-state index contributed by atoms with van der Waals surface area (Å²) in [7, 11) is 0. The van der Waals surface area contributed by atoms with Crippen molar-refractivity contribution in [1.82, 2.24) is 10.2 Å². The Balaban J connectivity index is 1.83. The molecule has 0 unspecified atom stereocenters. The Morgan fingerprint density at radius 2 is 2.00 bits per heavy atom. The van der Waals surface area contributed by atoms with Crippen LogP contribution >= 0.6 is 23.1 Å². The summed E-state index contributed by atoms with van der Waals surface area (Å²) < 4.78 is 6.68. The van der Waals surface area contributed by atoms with Gasteiger partial charge in [-0.1, -0.05) is 35.2 Å². The molecule has 0 amide bonds. The molecule has 2 rings (SSSR count). The van der Waals surface area contributed by atoms with E-state index in [4.69, 9.17) is 4.74 Å². The van der Waals surface area contributed by atoms with Crippen molar-refractivity contribution in [3.63, 3.8) is 0 Å². The van der Waals surface area contributed by atoms with E-state index in [1.165, 1.54) is 28.7 Å². The minimum Gasteiger partial charge on any atom is -0.490 e. The Kier molecular flexibility index (Phi) is 6.68. The fraction of sp³-hybridized carbons (Fsp3) is 0.500. The maximum Gasteiger partial charge on any atom is 0.206 e. The van der Waals surface area contributed by atoms with E-state index >= 15 is 0 Å². The molecular formula is C16H23N3O2S2. The second kappa shape index (κ2) is 8.52. The highest BCUT2D eigenvalue weighted by Crippen LogP contribution is 2.27. The number of rotatable bonds is 8. The molecule has 2 aromatic rings. The Hall–Kier alpha value is -1.31. The number of aliphatic hydroxyl groups excluding tert-OH is 1. The van der Waals surface area contributed by atoms with E-state index in [9.17, 15) is 5.11 Å². The highest BCUT2D eigenvalue weighted by Gasteiger charge is 2.12. The zero-order chi connectivity index (χ0) is 16.8. The molecule has 1 heterocycles. The summed E-state index contributed by atoms with van der Waals surface area (Å²) in [6.07, 6.45) is -0.550. The van der Waals surface area contributed by atoms with Gasteiger partial charge in [0.05, 0.1) is 6.10 Å². The SMILES string of the molecule is CCNc1nnc(SC[C@H](O)COc2c(C)ccc(C)c2C)s1. The molecule has 0 bridgehead atoms. The molecule has 0 saturated carbocycles. The van der Waals surface area contributed by atoms with Crippen molar-refractivity contribution in [1.29, 1.82) is 0 Å². The van der Waals surface area contributed by atoms with Crippen molar-refractivity contribution < 1.29 is 9.84 Å². The number of aromatic nitrogens is 2. The van der Waals surface area contributed by atoms with Gasteiger partial charge in [0.2, 0.25) is 5.13 Å². The lowest BCUT2D eigenvalue weighted by Gasteiger charge is -2.16. The van der Waals surface area contributed by atoms with E-state index in [0.717, 1.165) is 32.9 Å². The van der Waals surface area contributed by atoms with E-state index in [-0.39, 0.29) is 6.61 Å². The lowest BCUT2D eigenvalue weighted by atomic mass is 10.1. The first kappa shape index (κ1) is 18.0. The smallest absolute Gasteiger partial charge is 0.206 e. The highest BCUT2D eigenvalue weighted by atomic mass is 32.2. The maximum atomic E-state index is 10.1. The van der Waals surface area contributed by atoms with Gasteiger partial charge < -0.3 is 15.2 Å². The average molecular weight is 354 g/mol. The van der Waals surface area contributed by atoms with Crippen LogP contribution in [0.5, 0.6) is 5.75 Å². The summed E-state index contributed by atoms with van der Waals surface area (Å²) in [6.45, 7) is 9.24. The molecule has 0 fully saturated rings. The van der Waals surface area contributed by atoms with Gasteiger partial charge in [-0.05, 0) is 44.4 Å². The van der Waals surface area contributed by atoms with Crippen LogP contribution in [-0.2, 0) is 0 Å². The molecule has 23 heavy (non-hydrogen) atoms. The number of anilines is 1. The van der Waals surface area contributed by atoms with Crippen molar-refractivity contribution in [2.24, 2.45) is 0 Å². The Morgan fingerprint density at radius 3 is 2.74 bits per heavy atom. The number of nitrogens with zero attached hydrogens (tertiary/aromatic N) is 2. The largest absolute Gasteiger partial charge is 0.490 e. The number of aliphatic hydroxyl groups is 1. The molecule has 0 spiro atoms. The lowest BCUT2D eigenvalue weighted by molar-refractivity contribution is 0.125. The van der Waals surface area contributed by atoms with Gasteiger partial charge in [0.25, 0.3) is 0 Å². The number of hydrogen-bond acceptors (Lipinski definition) is 7. The molecule has 0 aliphatic heterocycles. The first-order valence-corrected chi connectivity index (χ1v) is 9.39. The van der Waals surface area contributed by atoms with Crippen molar-refractivity contribution >= 4 is 28.2 Å². The third kappa shape index (κ3) is 5.09. The maximum absolute atomic E-state index is 10.1. The predicted octanol–water partition coefficient (Wildman–Crippen LogP) is 3.43. The summed E-state index contributed by atoms with van der Waals surface area (Å²) in [5.74, 6) is 1.41. The lowest BCUT2D eigenvalue weighted by Crippen LogP contribution is -2.20. The van der Waals surface area contributed by atoms with Crippen LogP contribution in [0.2, 0.25) is 0 Å². The van der Waals surface area contributed by atoms with Gasteiger partial charge >= 0.3 is 0 Å². The normalized spacial score (nSPS) is 12.2. The fourth-order valence-electron chi connectivity index (χ4n) is 2.03. The summed E-state index contributed by atoms with van der Waals surface area (Å²) in [6, 6.07) is 4.13. The van der Waals surface area contributed by atoms with Crippen molar-refractivity contribution in [2.45, 2.75) is 38.1 Å². The second-order valence-corrected chi connectivity index (χ2v) is 7.58. The number of benzene rings is 1. The minimum atomic E-state index is -0.550. The van der Waals surface area contributed by atoms with Gasteiger partial charge in [0, 0.05) is 12.3 Å². The third-order valence-corrected chi connectivity index (χ3v) is 5.59. The van der Waals surface area contributed by atoms with E-state index in [2.05, 4.69) is 28.5 Å². The first-order chi connectivity index (χ1) is 11.0. The minimum absolute atomic E-state index is 0.275. The highest BCUT2D eigenvalue weighted by molar-refractivity contribution is 8.01. The van der Waals surface area contributed by atoms with Crippen LogP contribution in [0.3, 0.4) is 0 Å². The van der Waals surface area contributed by atoms with Gasteiger partial charge in [-0.2, -0.15) is 0 Å². The third-order valence-electron chi connectivity index (χ3n) is 3.43. The fourth-order valence-corrected chi connectivity index (χ4v) is 3.79. The molecular weight excluding hydrogens is 330 g/mol. The standard InChI is InChI=1S/C16H23N3O2S2/c1-5-17-15-18-19-16(23-15)22-9-13(20)8-21-14-11(3)7-6-10(2)12(14)4/h6-7,13,20H,5,8-9H2,1-4H3,(H,17,18)/t13-/m1/s1. The molecule has 0 saturated heterocycles. The van der Waals surface area contributed by atoms with Crippen LogP contribution in [0.15, 0.2) is 16.5 Å². The zero-order valence-electron chi connectivity index (χ0n) is 13.9. The molecule has 7 heteroatoms. The van der Waals surface area contributed by atoms with E-state index in [1.54, 1.807) is 0 Å². The van der Waals surface area contributed by atoms with Gasteiger partial charge in [0.15, 0.2) is 4.34 Å². The average Bonchev–Trinajstić information content (AvgIpc) is 2.97. The summed E-state index contributed by atoms with van der Waals surface area (Å²) >= 11 is 3.00. The van der Waals surface area contributed by atoms with Crippen molar-refractivity contribution in [2.75, 3.05) is 24.2 Å². The van der Waals surface area contributed by atoms with Crippen LogP contribution in [0.1, 0.15) is 23.6 Å². The number of thioether (sulfide) groups is 1. The number of hydrogen-bond donors (Lipinski definition) is 2. The quantitative estimate of drug-likeness (QED) is 0.709. The summed E-state index contributed by atoms with van der Waals surface area (Å²) in [4.78, 5) is 0. The predicted molar refractivity (Wildman–Crippen MR) is 97.0 cm³/mol. The zero-order valence-corrected chi connectivity index (χ0v) is 15.6. The molecule has 1 atom stereocenters. The summed E-state index contributed by atoms with van der Waals surface area (Å²) in [5, 5.41) is 22.2. The van der Waals surface area contributed by atoms with Crippen LogP contribution in [-0.4, -0.2) is 40.3 Å². The first-order valence-electron chi connectivity index (χ1n) is 7.59. The molecule has 2 N–H and O–H groups in total. The van der Waals surface area contributed by atoms with E-state index in [0.29, 0.717) is 5.75 Å². The second-order valence-electron chi connectivity index (χ2n) is 5.33. The number of ether oxygens (including phenoxy) is 1. The van der Waals surface area contributed by atoms with Crippen LogP contribution in [0, 0.1) is 20.8 Å². The molecule has 5 nitrogen and oxygen atoms in total. The molecule has 1 aromatic heterocycles. The van der Waals surface area contributed by atoms with Gasteiger partial charge in [0.1, 0.15) is 12.4 Å². The van der Waals surface area contributed by atoms with Gasteiger partial charge in [-0.25, -0.2) is 0 Å². The van der Waals surface area contributed by atoms with Crippen molar-refractivity contribution in [3.8, 4) is 5.75 Å². The molecule has 0 aliphatic carbocycles. The number of aryl methyl sites for hydroxylation is 2. The van der Waals surface area contributed by atoms with Gasteiger partial charge in [-0.15, -0.1) is 10.2 Å². The van der Waals surface area contributed by atoms with E-state index in [1.807, 2.05) is 26.8 Å². The molecule has 126 valence electrons. The van der Waals surface area contributed by atoms with Crippen LogP contribution < -0.4 is 10.1 Å². The molecule has 0 radical (unpaired) electrons.